The predicted octanol–water partition coefficient (Wildman–Crippen LogP) is 2.95. The molecule has 0 saturated heterocycles. The minimum atomic E-state index is 0.430. The molecule has 0 bridgehead atoms. The van der Waals surface area contributed by atoms with Crippen molar-refractivity contribution in [1.29, 1.82) is 0 Å². The molecule has 1 aromatic carbocycles. The van der Waals surface area contributed by atoms with E-state index in [-0.39, 0.29) is 0 Å². The van der Waals surface area contributed by atoms with Gasteiger partial charge in [-0.2, -0.15) is 0 Å². The molecule has 0 spiro atoms. The van der Waals surface area contributed by atoms with Gasteiger partial charge in [0.1, 0.15) is 5.82 Å². The summed E-state index contributed by atoms with van der Waals surface area (Å²) in [5.74, 6) is 1.34. The van der Waals surface area contributed by atoms with Crippen molar-refractivity contribution in [2.45, 2.75) is 32.6 Å². The second kappa shape index (κ2) is 7.15. The molecule has 2 rings (SSSR count). The van der Waals surface area contributed by atoms with Crippen LogP contribution in [0.3, 0.4) is 0 Å². The zero-order valence-electron chi connectivity index (χ0n) is 12.6. The number of nitrogens with zero attached hydrogens (tertiary/aromatic N) is 2. The van der Waals surface area contributed by atoms with E-state index in [2.05, 4.69) is 48.4 Å². The van der Waals surface area contributed by atoms with E-state index in [1.165, 1.54) is 16.8 Å². The third kappa shape index (κ3) is 3.87. The molecule has 0 saturated carbocycles. The first-order chi connectivity index (χ1) is 9.70. The minimum absolute atomic E-state index is 0.430. The largest absolute Gasteiger partial charge is 0.319 e. The van der Waals surface area contributed by atoms with Crippen molar-refractivity contribution in [3.8, 4) is 0 Å². The maximum absolute atomic E-state index is 4.78. The molecule has 0 amide bonds. The van der Waals surface area contributed by atoms with Crippen LogP contribution >= 0.6 is 0 Å². The topological polar surface area (TPSA) is 37.8 Å². The molecule has 20 heavy (non-hydrogen) atoms. The molecule has 3 heteroatoms. The summed E-state index contributed by atoms with van der Waals surface area (Å²) in [4.78, 5) is 9.31. The maximum atomic E-state index is 4.78. The molecule has 1 heterocycles. The van der Waals surface area contributed by atoms with Crippen molar-refractivity contribution in [2.24, 2.45) is 0 Å². The van der Waals surface area contributed by atoms with Crippen LogP contribution in [0, 0.1) is 0 Å². The highest BCUT2D eigenvalue weighted by Crippen LogP contribution is 2.18. The van der Waals surface area contributed by atoms with E-state index in [0.717, 1.165) is 25.2 Å². The van der Waals surface area contributed by atoms with Crippen molar-refractivity contribution in [1.82, 2.24) is 15.3 Å². The van der Waals surface area contributed by atoms with Gasteiger partial charge < -0.3 is 5.32 Å². The normalized spacial score (nSPS) is 11.0. The number of hydrogen-bond acceptors (Lipinski definition) is 3. The fourth-order valence-electron chi connectivity index (χ4n) is 2.27. The number of benzene rings is 1. The van der Waals surface area contributed by atoms with Gasteiger partial charge in [-0.1, -0.05) is 44.2 Å². The fourth-order valence-corrected chi connectivity index (χ4v) is 2.27. The number of aromatic nitrogens is 2. The summed E-state index contributed by atoms with van der Waals surface area (Å²) in [5, 5.41) is 3.18. The molecule has 0 aliphatic rings. The van der Waals surface area contributed by atoms with E-state index in [4.69, 9.17) is 4.98 Å². The Morgan fingerprint density at radius 3 is 2.55 bits per heavy atom. The number of hydrogen-bond donors (Lipinski definition) is 1. The zero-order valence-corrected chi connectivity index (χ0v) is 12.6. The van der Waals surface area contributed by atoms with Gasteiger partial charge in [0.2, 0.25) is 0 Å². The quantitative estimate of drug-likeness (QED) is 0.876. The lowest BCUT2D eigenvalue weighted by molar-refractivity contribution is 0.730. The Labute approximate surface area is 121 Å². The molecule has 0 aliphatic heterocycles. The molecule has 0 fully saturated rings. The third-order valence-electron chi connectivity index (χ3n) is 3.34. The molecule has 3 nitrogen and oxygen atoms in total. The Kier molecular flexibility index (Phi) is 5.24. The van der Waals surface area contributed by atoms with Gasteiger partial charge in [-0.25, -0.2) is 9.97 Å². The molecule has 0 unspecified atom stereocenters. The monoisotopic (exact) mass is 269 g/mol. The average Bonchev–Trinajstić information content (AvgIpc) is 2.47. The molecule has 0 atom stereocenters. The number of nitrogens with one attached hydrogen (secondary N) is 1. The van der Waals surface area contributed by atoms with Gasteiger partial charge in [0.15, 0.2) is 0 Å². The Morgan fingerprint density at radius 1 is 1.15 bits per heavy atom. The van der Waals surface area contributed by atoms with Gasteiger partial charge in [-0.15, -0.1) is 0 Å². The Bertz CT molecular complexity index is 535. The van der Waals surface area contributed by atoms with Crippen LogP contribution in [0.2, 0.25) is 0 Å². The smallest absolute Gasteiger partial charge is 0.132 e. The molecule has 1 N–H and O–H groups in total. The molecular formula is C17H23N3. The van der Waals surface area contributed by atoms with E-state index in [1.807, 2.05) is 19.3 Å². The summed E-state index contributed by atoms with van der Waals surface area (Å²) in [6.07, 6.45) is 3.78. The highest BCUT2D eigenvalue weighted by Gasteiger charge is 2.10. The van der Waals surface area contributed by atoms with Crippen LogP contribution in [0.25, 0.3) is 0 Å². The Morgan fingerprint density at radius 2 is 1.90 bits per heavy atom. The van der Waals surface area contributed by atoms with E-state index in [0.29, 0.717) is 5.92 Å². The van der Waals surface area contributed by atoms with Crippen LogP contribution in [-0.4, -0.2) is 23.6 Å². The van der Waals surface area contributed by atoms with Crippen molar-refractivity contribution >= 4 is 0 Å². The van der Waals surface area contributed by atoms with Gasteiger partial charge in [0.05, 0.1) is 0 Å². The SMILES string of the molecule is CNCCc1cnc(Cc2ccccc2)nc1C(C)C. The van der Waals surface area contributed by atoms with Crippen LogP contribution in [0.15, 0.2) is 36.5 Å². The van der Waals surface area contributed by atoms with Crippen LogP contribution in [-0.2, 0) is 12.8 Å². The first-order valence-electron chi connectivity index (χ1n) is 7.24. The lowest BCUT2D eigenvalue weighted by Gasteiger charge is -2.13. The summed E-state index contributed by atoms with van der Waals surface area (Å²) in [6.45, 7) is 5.34. The first kappa shape index (κ1) is 14.7. The van der Waals surface area contributed by atoms with Crippen molar-refractivity contribution in [3.63, 3.8) is 0 Å². The second-order valence-electron chi connectivity index (χ2n) is 5.37. The van der Waals surface area contributed by atoms with E-state index in [9.17, 15) is 0 Å². The van der Waals surface area contributed by atoms with Crippen LogP contribution in [0.4, 0.5) is 0 Å². The lowest BCUT2D eigenvalue weighted by Crippen LogP contribution is -2.14. The number of rotatable bonds is 6. The summed E-state index contributed by atoms with van der Waals surface area (Å²) in [5.41, 5.74) is 3.69. The van der Waals surface area contributed by atoms with Crippen LogP contribution in [0.1, 0.15) is 42.4 Å². The van der Waals surface area contributed by atoms with Gasteiger partial charge in [0.25, 0.3) is 0 Å². The third-order valence-corrected chi connectivity index (χ3v) is 3.34. The predicted molar refractivity (Wildman–Crippen MR) is 83.0 cm³/mol. The van der Waals surface area contributed by atoms with Crippen molar-refractivity contribution < 1.29 is 0 Å². The molecule has 1 aromatic heterocycles. The summed E-state index contributed by atoms with van der Waals surface area (Å²) in [7, 11) is 1.97. The van der Waals surface area contributed by atoms with Crippen LogP contribution < -0.4 is 5.32 Å². The molecule has 0 radical (unpaired) electrons. The van der Waals surface area contributed by atoms with E-state index < -0.39 is 0 Å². The van der Waals surface area contributed by atoms with Gasteiger partial charge >= 0.3 is 0 Å². The molecular weight excluding hydrogens is 246 g/mol. The van der Waals surface area contributed by atoms with E-state index in [1.54, 1.807) is 0 Å². The highest BCUT2D eigenvalue weighted by atomic mass is 14.9. The molecule has 0 aliphatic carbocycles. The van der Waals surface area contributed by atoms with Gasteiger partial charge in [-0.05, 0) is 37.1 Å². The minimum Gasteiger partial charge on any atom is -0.319 e. The highest BCUT2D eigenvalue weighted by molar-refractivity contribution is 5.24. The molecule has 2 aromatic rings. The lowest BCUT2D eigenvalue weighted by atomic mass is 10.0. The van der Waals surface area contributed by atoms with Gasteiger partial charge in [-0.3, -0.25) is 0 Å². The Balaban J connectivity index is 2.21. The van der Waals surface area contributed by atoms with Crippen molar-refractivity contribution in [3.05, 3.63) is 59.2 Å². The molecule has 106 valence electrons. The average molecular weight is 269 g/mol. The summed E-state index contributed by atoms with van der Waals surface area (Å²) < 4.78 is 0. The number of likely N-dealkylation sites (N-methyl/N-ethyl adjacent to an activating group) is 1. The fraction of sp³-hybridized carbons (Fsp3) is 0.412. The summed E-state index contributed by atoms with van der Waals surface area (Å²) >= 11 is 0. The zero-order chi connectivity index (χ0) is 14.4. The Hall–Kier alpha value is -1.74. The maximum Gasteiger partial charge on any atom is 0.132 e. The first-order valence-corrected chi connectivity index (χ1v) is 7.24. The summed E-state index contributed by atoms with van der Waals surface area (Å²) in [6, 6.07) is 10.4. The van der Waals surface area contributed by atoms with Crippen LogP contribution in [0.5, 0.6) is 0 Å². The standard InChI is InChI=1S/C17H23N3/c1-13(2)17-15(9-10-18-3)12-19-16(20-17)11-14-7-5-4-6-8-14/h4-8,12-13,18H,9-11H2,1-3H3. The van der Waals surface area contributed by atoms with Gasteiger partial charge in [0, 0.05) is 18.3 Å². The van der Waals surface area contributed by atoms with E-state index >= 15 is 0 Å². The van der Waals surface area contributed by atoms with Crippen molar-refractivity contribution in [2.75, 3.05) is 13.6 Å². The second-order valence-corrected chi connectivity index (χ2v) is 5.37.